The van der Waals surface area contributed by atoms with Gasteiger partial charge in [0.25, 0.3) is 5.91 Å². The zero-order valence-corrected chi connectivity index (χ0v) is 19.5. The van der Waals surface area contributed by atoms with Crippen molar-refractivity contribution < 1.29 is 18.3 Å². The van der Waals surface area contributed by atoms with E-state index in [1.165, 1.54) is 23.2 Å². The lowest BCUT2D eigenvalue weighted by Gasteiger charge is -2.23. The zero-order chi connectivity index (χ0) is 24.9. The molecule has 1 amide bonds. The second kappa shape index (κ2) is 10.5. The molecule has 0 fully saturated rings. The number of aliphatic imine (C=N–C) groups is 1. The number of amides is 1. The van der Waals surface area contributed by atoms with Crippen molar-refractivity contribution in [2.45, 2.75) is 25.8 Å². The quantitative estimate of drug-likeness (QED) is 0.318. The number of nitrogens with two attached hydrogens (primary N) is 1. The zero-order valence-electron chi connectivity index (χ0n) is 19.5. The number of aromatic nitrogens is 2. The van der Waals surface area contributed by atoms with E-state index < -0.39 is 24.4 Å². The SMILES string of the molecule is COc1cc(C(C=NC2CCc3c(F)cccc3N(CCF)C2=O)=NN)ccc1-n1cnc(C)c1. The van der Waals surface area contributed by atoms with Crippen LogP contribution in [0, 0.1) is 12.7 Å². The number of hydrogen-bond acceptors (Lipinski definition) is 6. The fourth-order valence-electron chi connectivity index (χ4n) is 4.15. The van der Waals surface area contributed by atoms with Crippen molar-refractivity contribution in [2.75, 3.05) is 25.2 Å². The van der Waals surface area contributed by atoms with Crippen molar-refractivity contribution in [3.8, 4) is 11.4 Å². The number of rotatable bonds is 7. The molecule has 182 valence electrons. The summed E-state index contributed by atoms with van der Waals surface area (Å²) in [5.74, 6) is 5.39. The maximum Gasteiger partial charge on any atom is 0.251 e. The average molecular weight is 481 g/mol. The van der Waals surface area contributed by atoms with Crippen LogP contribution in [0.3, 0.4) is 0 Å². The van der Waals surface area contributed by atoms with Crippen LogP contribution in [-0.2, 0) is 11.2 Å². The minimum Gasteiger partial charge on any atom is -0.495 e. The van der Waals surface area contributed by atoms with E-state index in [1.807, 2.05) is 23.8 Å². The molecule has 3 aromatic rings. The normalized spacial score (nSPS) is 16.5. The van der Waals surface area contributed by atoms with Gasteiger partial charge in [-0.1, -0.05) is 12.1 Å². The number of anilines is 1. The van der Waals surface area contributed by atoms with Crippen LogP contribution in [0.25, 0.3) is 5.69 Å². The summed E-state index contributed by atoms with van der Waals surface area (Å²) in [6, 6.07) is 9.05. The highest BCUT2D eigenvalue weighted by Crippen LogP contribution is 2.30. The molecule has 0 radical (unpaired) electrons. The maximum atomic E-state index is 14.4. The summed E-state index contributed by atoms with van der Waals surface area (Å²) in [5, 5.41) is 3.83. The summed E-state index contributed by atoms with van der Waals surface area (Å²) >= 11 is 0. The van der Waals surface area contributed by atoms with Gasteiger partial charge < -0.3 is 20.0 Å². The third-order valence-electron chi connectivity index (χ3n) is 5.89. The van der Waals surface area contributed by atoms with Crippen LogP contribution in [0.1, 0.15) is 23.2 Å². The summed E-state index contributed by atoms with van der Waals surface area (Å²) in [4.78, 5) is 23.1. The van der Waals surface area contributed by atoms with Gasteiger partial charge in [0.15, 0.2) is 0 Å². The summed E-state index contributed by atoms with van der Waals surface area (Å²) in [6.45, 7) is 0.963. The van der Waals surface area contributed by atoms with Crippen molar-refractivity contribution >= 4 is 23.5 Å². The molecule has 1 aliphatic heterocycles. The van der Waals surface area contributed by atoms with Crippen LogP contribution in [0.2, 0.25) is 0 Å². The molecule has 10 heteroatoms. The molecule has 1 aromatic heterocycles. The van der Waals surface area contributed by atoms with Gasteiger partial charge in [-0.3, -0.25) is 9.79 Å². The molecule has 0 spiro atoms. The molecule has 0 saturated heterocycles. The number of carbonyl (C=O) groups is 1. The number of alkyl halides is 1. The summed E-state index contributed by atoms with van der Waals surface area (Å²) in [6.07, 6.45) is 5.54. The van der Waals surface area contributed by atoms with Gasteiger partial charge in [-0.05, 0) is 44.0 Å². The Kier molecular flexibility index (Phi) is 7.19. The van der Waals surface area contributed by atoms with Crippen molar-refractivity contribution in [1.82, 2.24) is 9.55 Å². The van der Waals surface area contributed by atoms with Gasteiger partial charge in [-0.25, -0.2) is 13.8 Å². The minimum absolute atomic E-state index is 0.175. The van der Waals surface area contributed by atoms with E-state index in [-0.39, 0.29) is 13.0 Å². The largest absolute Gasteiger partial charge is 0.495 e. The van der Waals surface area contributed by atoms with E-state index in [1.54, 1.807) is 31.6 Å². The van der Waals surface area contributed by atoms with Crippen LogP contribution < -0.4 is 15.5 Å². The standard InChI is InChI=1S/C25H26F2N6O2/c1-16-14-32(15-30-16)23-9-6-17(12-24(23)35-2)21(31-28)13-29-20-8-7-18-19(27)4-3-5-22(18)33(11-10-26)25(20)34/h3-6,9,12-15,20H,7-8,10-11,28H2,1-2H3. The minimum atomic E-state index is -0.833. The predicted octanol–water partition coefficient (Wildman–Crippen LogP) is 3.38. The molecule has 8 nitrogen and oxygen atoms in total. The number of nitrogens with zero attached hydrogens (tertiary/aromatic N) is 5. The third-order valence-corrected chi connectivity index (χ3v) is 5.89. The number of methoxy groups -OCH3 is 1. The number of fused-ring (bicyclic) bond motifs is 1. The predicted molar refractivity (Wildman–Crippen MR) is 131 cm³/mol. The van der Waals surface area contributed by atoms with Gasteiger partial charge in [0.1, 0.15) is 30.0 Å². The first kappa shape index (κ1) is 24.1. The first-order valence-electron chi connectivity index (χ1n) is 11.1. The van der Waals surface area contributed by atoms with Crippen LogP contribution >= 0.6 is 0 Å². The lowest BCUT2D eigenvalue weighted by Crippen LogP contribution is -2.39. The van der Waals surface area contributed by atoms with Crippen LogP contribution in [0.15, 0.2) is 59.0 Å². The van der Waals surface area contributed by atoms with Gasteiger partial charge in [0.2, 0.25) is 0 Å². The Balaban J connectivity index is 1.61. The fraction of sp³-hybridized carbons (Fsp3) is 0.280. The molecule has 35 heavy (non-hydrogen) atoms. The number of hydrazone groups is 1. The molecule has 0 saturated carbocycles. The Hall–Kier alpha value is -4.08. The fourth-order valence-corrected chi connectivity index (χ4v) is 4.15. The molecule has 4 rings (SSSR count). The molecule has 0 bridgehead atoms. The number of imidazole rings is 1. The lowest BCUT2D eigenvalue weighted by atomic mass is 10.1. The summed E-state index contributed by atoms with van der Waals surface area (Å²) in [7, 11) is 1.56. The molecule has 0 aliphatic carbocycles. The molecule has 2 N–H and O–H groups in total. The Bertz CT molecular complexity index is 1290. The summed E-state index contributed by atoms with van der Waals surface area (Å²) < 4.78 is 35.0. The van der Waals surface area contributed by atoms with Gasteiger partial charge in [0, 0.05) is 23.0 Å². The monoisotopic (exact) mass is 480 g/mol. The number of benzene rings is 2. The number of hydrogen-bond donors (Lipinski definition) is 1. The number of halogens is 2. The van der Waals surface area contributed by atoms with E-state index >= 15 is 0 Å². The molecule has 1 aliphatic rings. The van der Waals surface area contributed by atoms with E-state index in [0.29, 0.717) is 34.7 Å². The molecule has 1 atom stereocenters. The smallest absolute Gasteiger partial charge is 0.251 e. The van der Waals surface area contributed by atoms with Crippen LogP contribution in [0.5, 0.6) is 5.75 Å². The number of ether oxygens (including phenoxy) is 1. The number of carbonyl (C=O) groups excluding carboxylic acids is 1. The Morgan fingerprint density at radius 3 is 2.83 bits per heavy atom. The second-order valence-electron chi connectivity index (χ2n) is 8.07. The van der Waals surface area contributed by atoms with E-state index in [4.69, 9.17) is 10.6 Å². The first-order valence-corrected chi connectivity index (χ1v) is 11.1. The summed E-state index contributed by atoms with van der Waals surface area (Å²) in [5.41, 5.74) is 3.37. The Morgan fingerprint density at radius 1 is 1.31 bits per heavy atom. The molecular formula is C25H26F2N6O2. The van der Waals surface area contributed by atoms with Crippen molar-refractivity contribution in [3.05, 3.63) is 71.6 Å². The molecule has 2 heterocycles. The number of aryl methyl sites for hydroxylation is 1. The highest BCUT2D eigenvalue weighted by molar-refractivity contribution is 6.38. The second-order valence-corrected chi connectivity index (χ2v) is 8.07. The maximum absolute atomic E-state index is 14.4. The van der Waals surface area contributed by atoms with Crippen LogP contribution in [0.4, 0.5) is 14.5 Å². The topological polar surface area (TPSA) is 98.1 Å². The van der Waals surface area contributed by atoms with E-state index in [2.05, 4.69) is 15.1 Å². The highest BCUT2D eigenvalue weighted by atomic mass is 19.1. The van der Waals surface area contributed by atoms with Gasteiger partial charge in [-0.15, -0.1) is 0 Å². The Labute approximate surface area is 201 Å². The Morgan fingerprint density at radius 2 is 2.14 bits per heavy atom. The first-order chi connectivity index (χ1) is 17.0. The van der Waals surface area contributed by atoms with Gasteiger partial charge in [0.05, 0.1) is 37.6 Å². The molecule has 2 aromatic carbocycles. The van der Waals surface area contributed by atoms with Crippen molar-refractivity contribution in [3.63, 3.8) is 0 Å². The van der Waals surface area contributed by atoms with E-state index in [9.17, 15) is 13.6 Å². The van der Waals surface area contributed by atoms with Gasteiger partial charge in [-0.2, -0.15) is 5.10 Å². The van der Waals surface area contributed by atoms with Crippen molar-refractivity contribution in [2.24, 2.45) is 15.9 Å². The average Bonchev–Trinajstić information content (AvgIpc) is 3.25. The van der Waals surface area contributed by atoms with Crippen LogP contribution in [-0.4, -0.2) is 53.8 Å². The van der Waals surface area contributed by atoms with Crippen molar-refractivity contribution in [1.29, 1.82) is 0 Å². The highest BCUT2D eigenvalue weighted by Gasteiger charge is 2.31. The molecular weight excluding hydrogens is 454 g/mol. The lowest BCUT2D eigenvalue weighted by molar-refractivity contribution is -0.119. The van der Waals surface area contributed by atoms with Gasteiger partial charge >= 0.3 is 0 Å². The molecule has 1 unspecified atom stereocenters. The third kappa shape index (κ3) is 4.91. The van der Waals surface area contributed by atoms with E-state index in [0.717, 1.165) is 11.4 Å².